The van der Waals surface area contributed by atoms with Gasteiger partial charge in [0.05, 0.1) is 5.39 Å². The van der Waals surface area contributed by atoms with Gasteiger partial charge in [0, 0.05) is 12.5 Å². The molecule has 1 aromatic heterocycles. The molecule has 1 aromatic carbocycles. The van der Waals surface area contributed by atoms with Gasteiger partial charge in [0.2, 0.25) is 5.75 Å². The second-order valence-electron chi connectivity index (χ2n) is 8.28. The molecule has 0 atom stereocenters. The minimum Gasteiger partial charge on any atom is -1.00 e. The molecule has 2 aromatic rings. The molecule has 4 heteroatoms. The number of halogens is 1. The summed E-state index contributed by atoms with van der Waals surface area (Å²) in [6.07, 6.45) is 19.5. The zero-order valence-corrected chi connectivity index (χ0v) is 19.8. The Kier molecular flexibility index (Phi) is 14.2. The second-order valence-corrected chi connectivity index (χ2v) is 8.28. The highest BCUT2D eigenvalue weighted by Gasteiger charge is 2.14. The van der Waals surface area contributed by atoms with Crippen molar-refractivity contribution < 1.29 is 26.5 Å². The predicted octanol–water partition coefficient (Wildman–Crippen LogP) is 4.06. The summed E-state index contributed by atoms with van der Waals surface area (Å²) >= 11 is 0. The summed E-state index contributed by atoms with van der Waals surface area (Å²) in [6.45, 7) is 2.27. The van der Waals surface area contributed by atoms with Crippen LogP contribution in [-0.2, 0) is 11.8 Å². The lowest BCUT2D eigenvalue weighted by Crippen LogP contribution is -3.00. The van der Waals surface area contributed by atoms with Crippen molar-refractivity contribution >= 4 is 16.9 Å². The van der Waals surface area contributed by atoms with Crippen LogP contribution in [0.1, 0.15) is 96.8 Å². The summed E-state index contributed by atoms with van der Waals surface area (Å²) in [6, 6.07) is 9.90. The van der Waals surface area contributed by atoms with Crippen LogP contribution in [0.3, 0.4) is 0 Å². The normalized spacial score (nSPS) is 10.7. The maximum atomic E-state index is 12.2. The van der Waals surface area contributed by atoms with Gasteiger partial charge >= 0.3 is 5.97 Å². The molecule has 0 amide bonds. The van der Waals surface area contributed by atoms with Gasteiger partial charge in [-0.1, -0.05) is 90.0 Å². The van der Waals surface area contributed by atoms with E-state index in [4.69, 9.17) is 4.74 Å². The summed E-state index contributed by atoms with van der Waals surface area (Å²) in [7, 11) is 1.98. The van der Waals surface area contributed by atoms with E-state index < -0.39 is 0 Å². The first kappa shape index (κ1) is 26.4. The lowest BCUT2D eigenvalue weighted by atomic mass is 10.0. The van der Waals surface area contributed by atoms with Crippen molar-refractivity contribution in [2.24, 2.45) is 7.05 Å². The monoisotopic (exact) mass is 433 g/mol. The third kappa shape index (κ3) is 9.93. The number of nitrogens with zero attached hydrogens (tertiary/aromatic N) is 1. The van der Waals surface area contributed by atoms with E-state index in [1.54, 1.807) is 0 Å². The maximum absolute atomic E-state index is 12.2. The lowest BCUT2D eigenvalue weighted by molar-refractivity contribution is -0.645. The number of pyridine rings is 1. The molecule has 0 saturated carbocycles. The van der Waals surface area contributed by atoms with Gasteiger partial charge in [-0.2, -0.15) is 4.57 Å². The fourth-order valence-electron chi connectivity index (χ4n) is 3.94. The standard InChI is InChI=1S/C26H40NO2.ClH/c1-3-4-5-6-7-8-9-10-11-12-13-14-15-21-25(28)29-24-20-16-18-23-19-17-22-27(2)26(23)24;/h16-20,22H,3-15,21H2,1-2H3;1H/q+1;/p-1. The number of benzene rings is 1. The number of aryl methyl sites for hydroxylation is 1. The van der Waals surface area contributed by atoms with Gasteiger partial charge in [-0.3, -0.25) is 4.79 Å². The average Bonchev–Trinajstić information content (AvgIpc) is 2.71. The number of para-hydroxylation sites is 1. The number of aromatic nitrogens is 1. The highest BCUT2D eigenvalue weighted by molar-refractivity contribution is 5.84. The van der Waals surface area contributed by atoms with E-state index in [9.17, 15) is 4.79 Å². The van der Waals surface area contributed by atoms with Gasteiger partial charge in [0.1, 0.15) is 7.05 Å². The molecule has 0 aliphatic carbocycles. The largest absolute Gasteiger partial charge is 1.00 e. The first-order chi connectivity index (χ1) is 14.2. The van der Waals surface area contributed by atoms with E-state index in [2.05, 4.69) is 6.92 Å². The van der Waals surface area contributed by atoms with Crippen molar-refractivity contribution in [2.45, 2.75) is 96.8 Å². The number of hydrogen-bond donors (Lipinski definition) is 0. The number of rotatable bonds is 15. The number of carbonyl (C=O) groups is 1. The van der Waals surface area contributed by atoms with Crippen LogP contribution in [0.5, 0.6) is 5.75 Å². The van der Waals surface area contributed by atoms with E-state index in [0.29, 0.717) is 12.2 Å². The smallest absolute Gasteiger partial charge is 0.311 e. The van der Waals surface area contributed by atoms with E-state index in [1.165, 1.54) is 70.6 Å². The molecule has 0 saturated heterocycles. The van der Waals surface area contributed by atoms with Crippen LogP contribution in [0.2, 0.25) is 0 Å². The fraction of sp³-hybridized carbons (Fsp3) is 0.615. The minimum atomic E-state index is -0.121. The molecule has 0 fully saturated rings. The molecule has 0 radical (unpaired) electrons. The van der Waals surface area contributed by atoms with Crippen molar-refractivity contribution in [2.75, 3.05) is 0 Å². The number of carbonyl (C=O) groups excluding carboxylic acids is 1. The number of unbranched alkanes of at least 4 members (excludes halogenated alkanes) is 12. The molecular formula is C26H40ClNO2. The number of fused-ring (bicyclic) bond motifs is 1. The summed E-state index contributed by atoms with van der Waals surface area (Å²) in [5, 5.41) is 1.08. The quantitative estimate of drug-likeness (QED) is 0.183. The van der Waals surface area contributed by atoms with Crippen molar-refractivity contribution in [3.8, 4) is 5.75 Å². The topological polar surface area (TPSA) is 30.2 Å². The van der Waals surface area contributed by atoms with Crippen LogP contribution in [0.4, 0.5) is 0 Å². The molecule has 0 aliphatic heterocycles. The number of ether oxygens (including phenoxy) is 1. The molecule has 168 valence electrons. The van der Waals surface area contributed by atoms with E-state index in [-0.39, 0.29) is 18.4 Å². The van der Waals surface area contributed by atoms with Gasteiger partial charge in [-0.15, -0.1) is 0 Å². The van der Waals surface area contributed by atoms with Crippen LogP contribution < -0.4 is 21.7 Å². The summed E-state index contributed by atoms with van der Waals surface area (Å²) in [5.41, 5.74) is 0.966. The van der Waals surface area contributed by atoms with Gasteiger partial charge < -0.3 is 17.1 Å². The minimum absolute atomic E-state index is 0. The third-order valence-electron chi connectivity index (χ3n) is 5.68. The van der Waals surface area contributed by atoms with E-state index in [0.717, 1.165) is 23.7 Å². The van der Waals surface area contributed by atoms with E-state index >= 15 is 0 Å². The van der Waals surface area contributed by atoms with Crippen LogP contribution in [0.15, 0.2) is 36.5 Å². The Hall–Kier alpha value is -1.61. The SMILES string of the molecule is CCCCCCCCCCCCCCCC(=O)Oc1cccc2ccc[n+](C)c12.[Cl-]. The van der Waals surface area contributed by atoms with Crippen molar-refractivity contribution in [3.63, 3.8) is 0 Å². The maximum Gasteiger partial charge on any atom is 0.311 e. The molecule has 3 nitrogen and oxygen atoms in total. The molecular weight excluding hydrogens is 394 g/mol. The van der Waals surface area contributed by atoms with Gasteiger partial charge in [-0.25, -0.2) is 0 Å². The number of hydrogen-bond acceptors (Lipinski definition) is 2. The molecule has 0 N–H and O–H groups in total. The van der Waals surface area contributed by atoms with Crippen LogP contribution in [-0.4, -0.2) is 5.97 Å². The zero-order valence-electron chi connectivity index (χ0n) is 19.0. The first-order valence-corrected chi connectivity index (χ1v) is 11.8. The van der Waals surface area contributed by atoms with E-state index in [1.807, 2.05) is 48.1 Å². The number of esters is 1. The highest BCUT2D eigenvalue weighted by atomic mass is 35.5. The Morgan fingerprint density at radius 2 is 1.33 bits per heavy atom. The lowest BCUT2D eigenvalue weighted by Gasteiger charge is -2.06. The molecule has 0 unspecified atom stereocenters. The second kappa shape index (κ2) is 16.1. The zero-order chi connectivity index (χ0) is 20.7. The van der Waals surface area contributed by atoms with Gasteiger partial charge in [0.25, 0.3) is 5.52 Å². The third-order valence-corrected chi connectivity index (χ3v) is 5.68. The Morgan fingerprint density at radius 3 is 1.93 bits per heavy atom. The Labute approximate surface area is 189 Å². The van der Waals surface area contributed by atoms with Crippen LogP contribution in [0, 0.1) is 0 Å². The molecule has 0 bridgehead atoms. The first-order valence-electron chi connectivity index (χ1n) is 11.8. The molecule has 30 heavy (non-hydrogen) atoms. The Bertz CT molecular complexity index is 727. The van der Waals surface area contributed by atoms with Gasteiger partial charge in [-0.05, 0) is 24.6 Å². The van der Waals surface area contributed by atoms with Crippen molar-refractivity contribution in [3.05, 3.63) is 36.5 Å². The molecule has 2 rings (SSSR count). The molecule has 0 spiro atoms. The van der Waals surface area contributed by atoms with Crippen LogP contribution >= 0.6 is 0 Å². The van der Waals surface area contributed by atoms with Gasteiger partial charge in [0.15, 0.2) is 6.20 Å². The van der Waals surface area contributed by atoms with Crippen molar-refractivity contribution in [1.29, 1.82) is 0 Å². The summed E-state index contributed by atoms with van der Waals surface area (Å²) in [4.78, 5) is 12.2. The van der Waals surface area contributed by atoms with Crippen molar-refractivity contribution in [1.82, 2.24) is 0 Å². The van der Waals surface area contributed by atoms with Crippen LogP contribution in [0.25, 0.3) is 10.9 Å². The summed E-state index contributed by atoms with van der Waals surface area (Å²) in [5.74, 6) is 0.537. The average molecular weight is 434 g/mol. The predicted molar refractivity (Wildman–Crippen MR) is 121 cm³/mol. The molecule has 0 aliphatic rings. The highest BCUT2D eigenvalue weighted by Crippen LogP contribution is 2.22. The Balaban J connectivity index is 0.00000450. The Morgan fingerprint density at radius 1 is 0.800 bits per heavy atom. The molecule has 1 heterocycles. The summed E-state index contributed by atoms with van der Waals surface area (Å²) < 4.78 is 7.66. The fourth-order valence-corrected chi connectivity index (χ4v) is 3.94.